The van der Waals surface area contributed by atoms with Crippen LogP contribution in [0.25, 0.3) is 0 Å². The van der Waals surface area contributed by atoms with Crippen LogP contribution < -0.4 is 0 Å². The van der Waals surface area contributed by atoms with Gasteiger partial charge < -0.3 is 9.64 Å². The molecule has 3 nitrogen and oxygen atoms in total. The summed E-state index contributed by atoms with van der Waals surface area (Å²) in [6.45, 7) is 2.16. The summed E-state index contributed by atoms with van der Waals surface area (Å²) in [7, 11) is 3.33. The number of nitrogens with zero attached hydrogens (tertiary/aromatic N) is 1. The molecule has 14 heavy (non-hydrogen) atoms. The van der Waals surface area contributed by atoms with Gasteiger partial charge in [-0.15, -0.1) is 11.3 Å². The molecule has 0 N–H and O–H groups in total. The highest BCUT2D eigenvalue weighted by atomic mass is 32.1. The topological polar surface area (TPSA) is 29.5 Å². The number of hydrogen-bond acceptors (Lipinski definition) is 3. The summed E-state index contributed by atoms with van der Waals surface area (Å²) in [5.74, 6) is 0.00778. The van der Waals surface area contributed by atoms with E-state index in [0.29, 0.717) is 0 Å². The maximum absolute atomic E-state index is 11.5. The minimum Gasteiger partial charge on any atom is -0.375 e. The molecular weight excluding hydrogens is 198 g/mol. The second-order valence-corrected chi connectivity index (χ2v) is 4.11. The van der Waals surface area contributed by atoms with Gasteiger partial charge in [-0.1, -0.05) is 6.07 Å². The van der Waals surface area contributed by atoms with E-state index in [1.54, 1.807) is 23.3 Å². The lowest BCUT2D eigenvalue weighted by Gasteiger charge is -2.23. The third-order valence-electron chi connectivity index (χ3n) is 2.20. The number of carbonyl (C=O) groups is 1. The van der Waals surface area contributed by atoms with Crippen LogP contribution in [0.3, 0.4) is 0 Å². The molecule has 78 valence electrons. The fourth-order valence-corrected chi connectivity index (χ4v) is 1.99. The summed E-state index contributed by atoms with van der Waals surface area (Å²) in [4.78, 5) is 14.4. The largest absolute Gasteiger partial charge is 0.375 e. The van der Waals surface area contributed by atoms with E-state index >= 15 is 0 Å². The highest BCUT2D eigenvalue weighted by Gasteiger charge is 2.17. The first kappa shape index (κ1) is 11.2. The van der Waals surface area contributed by atoms with E-state index in [1.165, 1.54) is 12.0 Å². The molecule has 1 amide bonds. The van der Waals surface area contributed by atoms with Crippen molar-refractivity contribution in [2.24, 2.45) is 0 Å². The molecule has 0 bridgehead atoms. The molecule has 0 aliphatic rings. The van der Waals surface area contributed by atoms with Gasteiger partial charge in [-0.25, -0.2) is 0 Å². The molecule has 0 aliphatic heterocycles. The van der Waals surface area contributed by atoms with Gasteiger partial charge >= 0.3 is 0 Å². The van der Waals surface area contributed by atoms with Gasteiger partial charge in [0.25, 0.3) is 0 Å². The molecule has 1 heterocycles. The van der Waals surface area contributed by atoms with Gasteiger partial charge in [0.2, 0.25) is 5.91 Å². The minimum atomic E-state index is 0.00778. The SMILES string of the molecule is COCC(=O)N(C)[C@@H](C)c1cccs1. The summed E-state index contributed by atoms with van der Waals surface area (Å²) >= 11 is 1.66. The molecule has 0 saturated carbocycles. The van der Waals surface area contributed by atoms with Crippen molar-refractivity contribution in [3.05, 3.63) is 22.4 Å². The molecule has 0 saturated heterocycles. The maximum Gasteiger partial charge on any atom is 0.248 e. The second kappa shape index (κ2) is 5.12. The van der Waals surface area contributed by atoms with E-state index in [-0.39, 0.29) is 18.6 Å². The Labute approximate surface area is 88.3 Å². The number of likely N-dealkylation sites (N-methyl/N-ethyl adjacent to an activating group) is 1. The summed E-state index contributed by atoms with van der Waals surface area (Å²) < 4.78 is 4.80. The van der Waals surface area contributed by atoms with Crippen molar-refractivity contribution in [3.8, 4) is 0 Å². The van der Waals surface area contributed by atoms with Crippen LogP contribution in [0.5, 0.6) is 0 Å². The molecule has 0 aromatic carbocycles. The Kier molecular flexibility index (Phi) is 4.10. The molecule has 1 atom stereocenters. The minimum absolute atomic E-state index is 0.00778. The van der Waals surface area contributed by atoms with Crippen molar-refractivity contribution < 1.29 is 9.53 Å². The molecule has 0 unspecified atom stereocenters. The average Bonchev–Trinajstić information content (AvgIpc) is 2.68. The van der Waals surface area contributed by atoms with Crippen LogP contribution in [0.1, 0.15) is 17.8 Å². The van der Waals surface area contributed by atoms with Crippen LogP contribution in [-0.4, -0.2) is 31.6 Å². The Morgan fingerprint density at radius 1 is 1.71 bits per heavy atom. The molecule has 1 aromatic heterocycles. The zero-order valence-electron chi connectivity index (χ0n) is 8.69. The Morgan fingerprint density at radius 3 is 2.93 bits per heavy atom. The third-order valence-corrected chi connectivity index (χ3v) is 3.24. The van der Waals surface area contributed by atoms with Crippen LogP contribution in [0.2, 0.25) is 0 Å². The molecule has 0 fully saturated rings. The van der Waals surface area contributed by atoms with Gasteiger partial charge in [-0.05, 0) is 18.4 Å². The van der Waals surface area contributed by atoms with Gasteiger partial charge in [0.05, 0.1) is 6.04 Å². The van der Waals surface area contributed by atoms with E-state index in [4.69, 9.17) is 4.74 Å². The van der Waals surface area contributed by atoms with E-state index in [1.807, 2.05) is 24.4 Å². The Morgan fingerprint density at radius 2 is 2.43 bits per heavy atom. The second-order valence-electron chi connectivity index (χ2n) is 3.13. The molecule has 0 aliphatic carbocycles. The van der Waals surface area contributed by atoms with Crippen LogP contribution >= 0.6 is 11.3 Å². The third kappa shape index (κ3) is 2.56. The number of carbonyl (C=O) groups excluding carboxylic acids is 1. The number of rotatable bonds is 4. The highest BCUT2D eigenvalue weighted by molar-refractivity contribution is 7.10. The standard InChI is InChI=1S/C10H15NO2S/c1-8(9-5-4-6-14-9)11(2)10(12)7-13-3/h4-6,8H,7H2,1-3H3/t8-/m0/s1. The number of hydrogen-bond donors (Lipinski definition) is 0. The molecule has 0 spiro atoms. The number of methoxy groups -OCH3 is 1. The number of amides is 1. The monoisotopic (exact) mass is 213 g/mol. The lowest BCUT2D eigenvalue weighted by Crippen LogP contribution is -2.32. The van der Waals surface area contributed by atoms with Gasteiger partial charge in [0.15, 0.2) is 0 Å². The molecule has 4 heteroatoms. The number of thiophene rings is 1. The van der Waals surface area contributed by atoms with E-state index in [2.05, 4.69) is 0 Å². The smallest absolute Gasteiger partial charge is 0.248 e. The van der Waals surface area contributed by atoms with Crippen molar-refractivity contribution in [1.82, 2.24) is 4.90 Å². The maximum atomic E-state index is 11.5. The van der Waals surface area contributed by atoms with Crippen molar-refractivity contribution in [2.45, 2.75) is 13.0 Å². The molecular formula is C10H15NO2S. The fourth-order valence-electron chi connectivity index (χ4n) is 1.16. The molecule has 0 radical (unpaired) electrons. The van der Waals surface area contributed by atoms with Gasteiger partial charge in [0, 0.05) is 19.0 Å². The lowest BCUT2D eigenvalue weighted by atomic mass is 10.2. The zero-order chi connectivity index (χ0) is 10.6. The average molecular weight is 213 g/mol. The van der Waals surface area contributed by atoms with Crippen molar-refractivity contribution >= 4 is 17.2 Å². The Balaban J connectivity index is 2.61. The summed E-state index contributed by atoms with van der Waals surface area (Å²) in [6.07, 6.45) is 0. The summed E-state index contributed by atoms with van der Waals surface area (Å²) in [5.41, 5.74) is 0. The Bertz CT molecular complexity index is 284. The van der Waals surface area contributed by atoms with Crippen molar-refractivity contribution in [2.75, 3.05) is 20.8 Å². The van der Waals surface area contributed by atoms with E-state index in [9.17, 15) is 4.79 Å². The molecule has 1 aromatic rings. The van der Waals surface area contributed by atoms with E-state index < -0.39 is 0 Å². The first-order chi connectivity index (χ1) is 6.66. The number of ether oxygens (including phenoxy) is 1. The van der Waals surface area contributed by atoms with Gasteiger partial charge in [-0.3, -0.25) is 4.79 Å². The summed E-state index contributed by atoms with van der Waals surface area (Å²) in [5, 5.41) is 2.01. The van der Waals surface area contributed by atoms with Crippen LogP contribution in [-0.2, 0) is 9.53 Å². The molecule has 1 rings (SSSR count). The van der Waals surface area contributed by atoms with E-state index in [0.717, 1.165) is 0 Å². The van der Waals surface area contributed by atoms with Gasteiger partial charge in [0.1, 0.15) is 6.61 Å². The predicted octanol–water partition coefficient (Wildman–Crippen LogP) is 1.91. The first-order valence-electron chi connectivity index (χ1n) is 4.44. The quantitative estimate of drug-likeness (QED) is 0.764. The van der Waals surface area contributed by atoms with Crippen LogP contribution in [0.15, 0.2) is 17.5 Å². The zero-order valence-corrected chi connectivity index (χ0v) is 9.50. The van der Waals surface area contributed by atoms with Crippen molar-refractivity contribution in [3.63, 3.8) is 0 Å². The summed E-state index contributed by atoms with van der Waals surface area (Å²) in [6, 6.07) is 4.15. The van der Waals surface area contributed by atoms with Gasteiger partial charge in [-0.2, -0.15) is 0 Å². The van der Waals surface area contributed by atoms with Crippen LogP contribution in [0, 0.1) is 0 Å². The first-order valence-corrected chi connectivity index (χ1v) is 5.32. The Hall–Kier alpha value is -0.870. The van der Waals surface area contributed by atoms with Crippen molar-refractivity contribution in [1.29, 1.82) is 0 Å². The predicted molar refractivity (Wildman–Crippen MR) is 57.4 cm³/mol. The lowest BCUT2D eigenvalue weighted by molar-refractivity contribution is -0.135. The normalized spacial score (nSPS) is 12.5. The highest BCUT2D eigenvalue weighted by Crippen LogP contribution is 2.23. The fraction of sp³-hybridized carbons (Fsp3) is 0.500. The van der Waals surface area contributed by atoms with Crippen LogP contribution in [0.4, 0.5) is 0 Å².